The fraction of sp³-hybridized carbons (Fsp3) is 0. The molecule has 3 heterocycles. The van der Waals surface area contributed by atoms with Crippen LogP contribution < -0.4 is 4.90 Å². The van der Waals surface area contributed by atoms with Crippen LogP contribution in [0.4, 0.5) is 17.1 Å². The number of hydrogen-bond donors (Lipinski definition) is 0. The van der Waals surface area contributed by atoms with Gasteiger partial charge in [-0.15, -0.1) is 0 Å². The molecule has 8 aromatic rings. The number of nitrogens with zero attached hydrogens (tertiary/aromatic N) is 1. The highest BCUT2D eigenvalue weighted by atomic mass is 16.4. The lowest BCUT2D eigenvalue weighted by Gasteiger charge is -2.25. The van der Waals surface area contributed by atoms with E-state index in [2.05, 4.69) is 65.6 Å². The average molecular weight is 466 g/mol. The van der Waals surface area contributed by atoms with Crippen molar-refractivity contribution in [3.8, 4) is 0 Å². The maximum atomic E-state index is 6.35. The van der Waals surface area contributed by atoms with Gasteiger partial charge in [-0.1, -0.05) is 48.5 Å². The molecule has 3 aromatic heterocycles. The van der Waals surface area contributed by atoms with E-state index in [0.29, 0.717) is 0 Å². The van der Waals surface area contributed by atoms with Gasteiger partial charge in [-0.3, -0.25) is 0 Å². The molecule has 0 saturated carbocycles. The molecule has 0 atom stereocenters. The molecule has 0 aliphatic rings. The molecule has 0 fully saturated rings. The lowest BCUT2D eigenvalue weighted by Crippen LogP contribution is -2.09. The largest absolute Gasteiger partial charge is 0.456 e. The van der Waals surface area contributed by atoms with Gasteiger partial charge in [0.25, 0.3) is 0 Å². The Morgan fingerprint density at radius 2 is 0.944 bits per heavy atom. The number of hydrogen-bond acceptors (Lipinski definition) is 4. The standard InChI is InChI=1S/C32H19NO3/c1-2-8-20(9-3-1)33(21-15-17-29-26(18-21)23-10-4-6-12-27(23)34-29)22-14-16-25-30(19-22)36-31-24-11-5-7-13-28(24)35-32(25)31/h1-19H. The Kier molecular flexibility index (Phi) is 3.91. The van der Waals surface area contributed by atoms with Crippen LogP contribution in [0.3, 0.4) is 0 Å². The lowest BCUT2D eigenvalue weighted by molar-refractivity contribution is 0.653. The number of furan rings is 3. The number of rotatable bonds is 3. The zero-order valence-electron chi connectivity index (χ0n) is 19.1. The first kappa shape index (κ1) is 19.4. The Hall–Kier alpha value is -4.96. The summed E-state index contributed by atoms with van der Waals surface area (Å²) in [5, 5.41) is 4.15. The van der Waals surface area contributed by atoms with Crippen LogP contribution in [-0.4, -0.2) is 0 Å². The van der Waals surface area contributed by atoms with E-state index in [-0.39, 0.29) is 0 Å². The molecule has 4 nitrogen and oxygen atoms in total. The van der Waals surface area contributed by atoms with Crippen LogP contribution >= 0.6 is 0 Å². The molecule has 0 aliphatic heterocycles. The highest BCUT2D eigenvalue weighted by molar-refractivity contribution is 6.13. The molecule has 170 valence electrons. The monoisotopic (exact) mass is 465 g/mol. The van der Waals surface area contributed by atoms with Crippen LogP contribution in [0.25, 0.3) is 55.0 Å². The van der Waals surface area contributed by atoms with Crippen molar-refractivity contribution in [2.45, 2.75) is 0 Å². The Morgan fingerprint density at radius 1 is 0.361 bits per heavy atom. The van der Waals surface area contributed by atoms with Crippen molar-refractivity contribution >= 4 is 72.1 Å². The van der Waals surface area contributed by atoms with E-state index >= 15 is 0 Å². The first-order valence-electron chi connectivity index (χ1n) is 11.9. The smallest absolute Gasteiger partial charge is 0.181 e. The second-order valence-electron chi connectivity index (χ2n) is 8.99. The van der Waals surface area contributed by atoms with Crippen LogP contribution in [0, 0.1) is 0 Å². The summed E-state index contributed by atoms with van der Waals surface area (Å²) in [7, 11) is 0. The summed E-state index contributed by atoms with van der Waals surface area (Å²) in [5.41, 5.74) is 8.08. The quantitative estimate of drug-likeness (QED) is 0.260. The van der Waals surface area contributed by atoms with Gasteiger partial charge in [-0.2, -0.15) is 0 Å². The van der Waals surface area contributed by atoms with Gasteiger partial charge >= 0.3 is 0 Å². The predicted octanol–water partition coefficient (Wildman–Crippen LogP) is 9.70. The number of anilines is 3. The van der Waals surface area contributed by atoms with Gasteiger partial charge in [0.1, 0.15) is 22.3 Å². The van der Waals surface area contributed by atoms with Crippen molar-refractivity contribution in [1.29, 1.82) is 0 Å². The topological polar surface area (TPSA) is 42.7 Å². The molecule has 0 saturated heterocycles. The summed E-state index contributed by atoms with van der Waals surface area (Å²) in [4.78, 5) is 2.24. The average Bonchev–Trinajstić information content (AvgIpc) is 3.59. The highest BCUT2D eigenvalue weighted by Gasteiger charge is 2.19. The second-order valence-corrected chi connectivity index (χ2v) is 8.99. The number of fused-ring (bicyclic) bond motifs is 8. The first-order chi connectivity index (χ1) is 17.8. The van der Waals surface area contributed by atoms with Crippen molar-refractivity contribution < 1.29 is 13.3 Å². The summed E-state index contributed by atoms with van der Waals surface area (Å²) in [6, 6.07) is 39.1. The summed E-state index contributed by atoms with van der Waals surface area (Å²) in [6.07, 6.45) is 0. The van der Waals surface area contributed by atoms with Crippen molar-refractivity contribution in [1.82, 2.24) is 0 Å². The van der Waals surface area contributed by atoms with E-state index < -0.39 is 0 Å². The summed E-state index contributed by atoms with van der Waals surface area (Å²) in [6.45, 7) is 0. The van der Waals surface area contributed by atoms with E-state index in [1.165, 1.54) is 0 Å². The van der Waals surface area contributed by atoms with Gasteiger partial charge < -0.3 is 18.2 Å². The molecule has 0 amide bonds. The van der Waals surface area contributed by atoms with Crippen LogP contribution in [0.5, 0.6) is 0 Å². The molecule has 0 spiro atoms. The van der Waals surface area contributed by atoms with E-state index in [0.717, 1.165) is 72.1 Å². The third-order valence-corrected chi connectivity index (χ3v) is 6.86. The van der Waals surface area contributed by atoms with Gasteiger partial charge in [0, 0.05) is 33.9 Å². The van der Waals surface area contributed by atoms with Crippen molar-refractivity contribution in [3.05, 3.63) is 115 Å². The zero-order chi connectivity index (χ0) is 23.6. The van der Waals surface area contributed by atoms with Gasteiger partial charge in [0.15, 0.2) is 11.2 Å². The minimum absolute atomic E-state index is 0.787. The summed E-state index contributed by atoms with van der Waals surface area (Å²) in [5.74, 6) is 0. The first-order valence-corrected chi connectivity index (χ1v) is 11.9. The van der Waals surface area contributed by atoms with E-state index in [1.807, 2.05) is 54.6 Å². The number of benzene rings is 5. The molecule has 0 bridgehead atoms. The minimum atomic E-state index is 0.787. The van der Waals surface area contributed by atoms with E-state index in [9.17, 15) is 0 Å². The lowest BCUT2D eigenvalue weighted by atomic mass is 10.1. The Morgan fingerprint density at radius 3 is 1.78 bits per heavy atom. The highest BCUT2D eigenvalue weighted by Crippen LogP contribution is 2.42. The minimum Gasteiger partial charge on any atom is -0.456 e. The summed E-state index contributed by atoms with van der Waals surface area (Å²) < 4.78 is 18.6. The Labute approximate surface area is 205 Å². The normalized spacial score (nSPS) is 11.9. The molecule has 0 N–H and O–H groups in total. The van der Waals surface area contributed by atoms with Crippen LogP contribution in [0.15, 0.2) is 129 Å². The van der Waals surface area contributed by atoms with Crippen molar-refractivity contribution in [2.24, 2.45) is 0 Å². The summed E-state index contributed by atoms with van der Waals surface area (Å²) >= 11 is 0. The second kappa shape index (κ2) is 7.27. The van der Waals surface area contributed by atoms with Crippen molar-refractivity contribution in [3.63, 3.8) is 0 Å². The van der Waals surface area contributed by atoms with Gasteiger partial charge in [-0.25, -0.2) is 0 Å². The molecule has 0 radical (unpaired) electrons. The molecule has 0 aliphatic carbocycles. The maximum absolute atomic E-state index is 6.35. The third kappa shape index (κ3) is 2.75. The molecular weight excluding hydrogens is 446 g/mol. The van der Waals surface area contributed by atoms with E-state index in [1.54, 1.807) is 0 Å². The fourth-order valence-electron chi connectivity index (χ4n) is 5.21. The van der Waals surface area contributed by atoms with E-state index in [4.69, 9.17) is 13.3 Å². The van der Waals surface area contributed by atoms with Crippen LogP contribution in [0.2, 0.25) is 0 Å². The van der Waals surface area contributed by atoms with Gasteiger partial charge in [-0.05, 0) is 60.7 Å². The molecular formula is C32H19NO3. The number of para-hydroxylation sites is 3. The Balaban J connectivity index is 1.35. The SMILES string of the molecule is c1ccc(N(c2ccc3c(c2)oc2c4ccccc4oc32)c2ccc3oc4ccccc4c3c2)cc1. The maximum Gasteiger partial charge on any atom is 0.181 e. The van der Waals surface area contributed by atoms with Crippen LogP contribution in [-0.2, 0) is 0 Å². The van der Waals surface area contributed by atoms with Gasteiger partial charge in [0.05, 0.1) is 10.8 Å². The third-order valence-electron chi connectivity index (χ3n) is 6.86. The molecule has 5 aromatic carbocycles. The zero-order valence-corrected chi connectivity index (χ0v) is 19.1. The molecule has 36 heavy (non-hydrogen) atoms. The Bertz CT molecular complexity index is 2060. The van der Waals surface area contributed by atoms with Gasteiger partial charge in [0.2, 0.25) is 0 Å². The fourth-order valence-corrected chi connectivity index (χ4v) is 5.21. The molecule has 8 rings (SSSR count). The molecule has 4 heteroatoms. The van der Waals surface area contributed by atoms with Crippen molar-refractivity contribution in [2.75, 3.05) is 4.90 Å². The van der Waals surface area contributed by atoms with Crippen LogP contribution in [0.1, 0.15) is 0 Å². The molecule has 0 unspecified atom stereocenters. The predicted molar refractivity (Wildman–Crippen MR) is 145 cm³/mol.